The molecule has 0 fully saturated rings. The van der Waals surface area contributed by atoms with E-state index in [1.165, 1.54) is 0 Å². The molecule has 0 unspecified atom stereocenters. The highest BCUT2D eigenvalue weighted by Gasteiger charge is 2.16. The van der Waals surface area contributed by atoms with Gasteiger partial charge in [0, 0.05) is 30.1 Å². The Hall–Kier alpha value is -3.74. The first kappa shape index (κ1) is 15.8. The van der Waals surface area contributed by atoms with Crippen molar-refractivity contribution in [2.75, 3.05) is 5.32 Å². The van der Waals surface area contributed by atoms with Crippen molar-refractivity contribution in [3.63, 3.8) is 0 Å². The number of carbonyl (C=O) groups is 1. The molecule has 7 heteroatoms. The molecule has 4 aromatic rings. The summed E-state index contributed by atoms with van der Waals surface area (Å²) in [7, 11) is 1.85. The van der Waals surface area contributed by atoms with Crippen molar-refractivity contribution in [3.05, 3.63) is 72.8 Å². The summed E-state index contributed by atoms with van der Waals surface area (Å²) in [5, 5.41) is 17.7. The van der Waals surface area contributed by atoms with E-state index in [2.05, 4.69) is 25.7 Å². The second-order valence-corrected chi connectivity index (χ2v) is 5.83. The van der Waals surface area contributed by atoms with Crippen molar-refractivity contribution in [2.45, 2.75) is 0 Å². The van der Waals surface area contributed by atoms with Gasteiger partial charge >= 0.3 is 0 Å². The average molecular weight is 344 g/mol. The van der Waals surface area contributed by atoms with Crippen LogP contribution in [0.25, 0.3) is 22.5 Å². The van der Waals surface area contributed by atoms with Gasteiger partial charge in [-0.2, -0.15) is 5.10 Å². The topological polar surface area (TPSA) is 88.5 Å². The molecule has 2 aromatic heterocycles. The van der Waals surface area contributed by atoms with Gasteiger partial charge < -0.3 is 9.88 Å². The van der Waals surface area contributed by atoms with Gasteiger partial charge in [-0.05, 0) is 23.8 Å². The molecule has 0 bridgehead atoms. The average Bonchev–Trinajstić information content (AvgIpc) is 3.34. The van der Waals surface area contributed by atoms with Crippen molar-refractivity contribution in [2.24, 2.45) is 7.05 Å². The van der Waals surface area contributed by atoms with E-state index in [1.807, 2.05) is 55.7 Å². The summed E-state index contributed by atoms with van der Waals surface area (Å²) in [6.45, 7) is 0. The number of nitrogens with one attached hydrogen (secondary N) is 2. The molecule has 0 saturated carbocycles. The molecule has 0 aliphatic rings. The number of H-pyrrole nitrogens is 1. The summed E-state index contributed by atoms with van der Waals surface area (Å²) in [6, 6.07) is 15.0. The smallest absolute Gasteiger partial charge is 0.256 e. The van der Waals surface area contributed by atoms with E-state index in [0.717, 1.165) is 22.4 Å². The van der Waals surface area contributed by atoms with Crippen LogP contribution < -0.4 is 5.32 Å². The Bertz CT molecular complexity index is 1030. The van der Waals surface area contributed by atoms with E-state index in [-0.39, 0.29) is 5.91 Å². The lowest BCUT2D eigenvalue weighted by Gasteiger charge is -2.10. The minimum atomic E-state index is -0.195. The summed E-state index contributed by atoms with van der Waals surface area (Å²) in [5.41, 5.74) is 4.02. The fourth-order valence-electron chi connectivity index (χ4n) is 2.76. The zero-order valence-electron chi connectivity index (χ0n) is 14.0. The monoisotopic (exact) mass is 344 g/mol. The Balaban J connectivity index is 1.59. The highest BCUT2D eigenvalue weighted by Crippen LogP contribution is 2.23. The standard InChI is InChI=1S/C19H16N6O/c1-25-12-22-24-18(25)16-4-2-3-5-17(16)19(26)23-15-8-6-13(7-9-15)14-10-20-21-11-14/h2-12H,1H3,(H,20,21)(H,23,26). The largest absolute Gasteiger partial charge is 0.322 e. The molecule has 2 aromatic carbocycles. The molecule has 4 rings (SSSR count). The van der Waals surface area contributed by atoms with Gasteiger partial charge in [0.2, 0.25) is 0 Å². The third-order valence-electron chi connectivity index (χ3n) is 4.10. The second-order valence-electron chi connectivity index (χ2n) is 5.83. The van der Waals surface area contributed by atoms with Crippen LogP contribution in [0.15, 0.2) is 67.3 Å². The Morgan fingerprint density at radius 2 is 1.88 bits per heavy atom. The third kappa shape index (κ3) is 2.98. The SMILES string of the molecule is Cn1cnnc1-c1ccccc1C(=O)Nc1ccc(-c2cn[nH]c2)cc1. The van der Waals surface area contributed by atoms with Crippen LogP contribution in [0.2, 0.25) is 0 Å². The number of hydrogen-bond acceptors (Lipinski definition) is 4. The fraction of sp³-hybridized carbons (Fsp3) is 0.0526. The third-order valence-corrected chi connectivity index (χ3v) is 4.10. The maximum absolute atomic E-state index is 12.8. The van der Waals surface area contributed by atoms with E-state index in [1.54, 1.807) is 23.2 Å². The molecule has 0 radical (unpaired) electrons. The molecule has 7 nitrogen and oxygen atoms in total. The number of anilines is 1. The zero-order valence-corrected chi connectivity index (χ0v) is 14.0. The van der Waals surface area contributed by atoms with Crippen LogP contribution in [0, 0.1) is 0 Å². The molecular formula is C19H16N6O. The number of nitrogens with zero attached hydrogens (tertiary/aromatic N) is 4. The van der Waals surface area contributed by atoms with Gasteiger partial charge in [0.25, 0.3) is 5.91 Å². The van der Waals surface area contributed by atoms with Gasteiger partial charge in [-0.15, -0.1) is 10.2 Å². The molecule has 26 heavy (non-hydrogen) atoms. The van der Waals surface area contributed by atoms with Crippen molar-refractivity contribution in [1.82, 2.24) is 25.0 Å². The van der Waals surface area contributed by atoms with E-state index in [4.69, 9.17) is 0 Å². The molecule has 2 N–H and O–H groups in total. The lowest BCUT2D eigenvalue weighted by molar-refractivity contribution is 0.102. The van der Waals surface area contributed by atoms with Crippen molar-refractivity contribution >= 4 is 11.6 Å². The Morgan fingerprint density at radius 1 is 1.08 bits per heavy atom. The number of benzene rings is 2. The Labute approximate surface area is 149 Å². The normalized spacial score (nSPS) is 10.7. The summed E-state index contributed by atoms with van der Waals surface area (Å²) in [6.07, 6.45) is 5.19. The summed E-state index contributed by atoms with van der Waals surface area (Å²) in [4.78, 5) is 12.8. The maximum atomic E-state index is 12.8. The van der Waals surface area contributed by atoms with Gasteiger partial charge in [0.15, 0.2) is 5.82 Å². The van der Waals surface area contributed by atoms with E-state index in [0.29, 0.717) is 11.4 Å². The van der Waals surface area contributed by atoms with Gasteiger partial charge in [0.05, 0.1) is 11.8 Å². The Morgan fingerprint density at radius 3 is 2.58 bits per heavy atom. The van der Waals surface area contributed by atoms with E-state index in [9.17, 15) is 4.79 Å². The van der Waals surface area contributed by atoms with Crippen LogP contribution in [0.5, 0.6) is 0 Å². The number of hydrogen-bond donors (Lipinski definition) is 2. The van der Waals surface area contributed by atoms with Crippen LogP contribution >= 0.6 is 0 Å². The predicted octanol–water partition coefficient (Wildman–Crippen LogP) is 3.12. The zero-order chi connectivity index (χ0) is 17.9. The van der Waals surface area contributed by atoms with Gasteiger partial charge in [-0.3, -0.25) is 9.89 Å². The van der Waals surface area contributed by atoms with Crippen LogP contribution in [0.4, 0.5) is 5.69 Å². The quantitative estimate of drug-likeness (QED) is 0.595. The summed E-state index contributed by atoms with van der Waals surface area (Å²) < 4.78 is 1.78. The van der Waals surface area contributed by atoms with Crippen molar-refractivity contribution < 1.29 is 4.79 Å². The highest BCUT2D eigenvalue weighted by atomic mass is 16.1. The van der Waals surface area contributed by atoms with Gasteiger partial charge in [-0.1, -0.05) is 30.3 Å². The number of aromatic nitrogens is 5. The minimum Gasteiger partial charge on any atom is -0.322 e. The minimum absolute atomic E-state index is 0.195. The number of carbonyl (C=O) groups excluding carboxylic acids is 1. The number of amides is 1. The van der Waals surface area contributed by atoms with Crippen LogP contribution in [0.1, 0.15) is 10.4 Å². The lowest BCUT2D eigenvalue weighted by Crippen LogP contribution is -2.13. The first-order valence-electron chi connectivity index (χ1n) is 8.06. The molecule has 0 atom stereocenters. The van der Waals surface area contributed by atoms with E-state index < -0.39 is 0 Å². The highest BCUT2D eigenvalue weighted by molar-refractivity contribution is 6.08. The summed E-state index contributed by atoms with van der Waals surface area (Å²) in [5.74, 6) is 0.450. The molecular weight excluding hydrogens is 328 g/mol. The lowest BCUT2D eigenvalue weighted by atomic mass is 10.1. The molecule has 2 heterocycles. The second kappa shape index (κ2) is 6.64. The van der Waals surface area contributed by atoms with Crippen LogP contribution in [-0.2, 0) is 7.05 Å². The first-order chi connectivity index (χ1) is 12.7. The van der Waals surface area contributed by atoms with E-state index >= 15 is 0 Å². The molecule has 0 saturated heterocycles. The predicted molar refractivity (Wildman–Crippen MR) is 98.4 cm³/mol. The number of rotatable bonds is 4. The van der Waals surface area contributed by atoms with Crippen LogP contribution in [0.3, 0.4) is 0 Å². The first-order valence-corrected chi connectivity index (χ1v) is 8.06. The molecule has 128 valence electrons. The van der Waals surface area contributed by atoms with Gasteiger partial charge in [0.1, 0.15) is 6.33 Å². The molecule has 0 spiro atoms. The maximum Gasteiger partial charge on any atom is 0.256 e. The molecule has 1 amide bonds. The molecule has 0 aliphatic carbocycles. The summed E-state index contributed by atoms with van der Waals surface area (Å²) >= 11 is 0. The number of aromatic amines is 1. The van der Waals surface area contributed by atoms with Crippen LogP contribution in [-0.4, -0.2) is 30.9 Å². The number of aryl methyl sites for hydroxylation is 1. The van der Waals surface area contributed by atoms with Crippen molar-refractivity contribution in [1.29, 1.82) is 0 Å². The van der Waals surface area contributed by atoms with Gasteiger partial charge in [-0.25, -0.2) is 0 Å². The molecule has 0 aliphatic heterocycles. The fourth-order valence-corrected chi connectivity index (χ4v) is 2.76. The van der Waals surface area contributed by atoms with Crippen molar-refractivity contribution in [3.8, 4) is 22.5 Å². The Kier molecular flexibility index (Phi) is 4.03.